The summed E-state index contributed by atoms with van der Waals surface area (Å²) in [6.45, 7) is -0.414. The third kappa shape index (κ3) is 2.08. The molecule has 1 unspecified atom stereocenters. The van der Waals surface area contributed by atoms with Crippen LogP contribution in [-0.4, -0.2) is 56.0 Å². The standard InChI is InChI=1S/C11H16FN3O5/c1-5-2-15(10(18)14-8(5)13)9-11(19,4-12)7(17)6(3-16)20-9/h2,6-7,9,16-17,19H,3-4H2,1H3,(H2,13,14,18)/t6-,7?,9-,11-/m1/s1. The molecule has 0 aromatic carbocycles. The number of hydrogen-bond acceptors (Lipinski definition) is 7. The number of halogens is 1. The van der Waals surface area contributed by atoms with Gasteiger partial charge in [-0.05, 0) is 6.92 Å². The Labute approximate surface area is 113 Å². The van der Waals surface area contributed by atoms with Crippen molar-refractivity contribution in [2.45, 2.75) is 31.0 Å². The predicted molar refractivity (Wildman–Crippen MR) is 65.6 cm³/mol. The van der Waals surface area contributed by atoms with Crippen LogP contribution < -0.4 is 11.4 Å². The third-order valence-electron chi connectivity index (χ3n) is 3.42. The summed E-state index contributed by atoms with van der Waals surface area (Å²) in [4.78, 5) is 15.3. The lowest BCUT2D eigenvalue weighted by Crippen LogP contribution is -2.50. The lowest BCUT2D eigenvalue weighted by Gasteiger charge is -2.28. The Kier molecular flexibility index (Phi) is 3.78. The number of aryl methyl sites for hydroxylation is 1. The number of alkyl halides is 1. The molecular formula is C11H16FN3O5. The van der Waals surface area contributed by atoms with E-state index >= 15 is 0 Å². The first-order valence-corrected chi connectivity index (χ1v) is 5.93. The maximum Gasteiger partial charge on any atom is 0.351 e. The number of aromatic nitrogens is 2. The molecule has 0 radical (unpaired) electrons. The number of ether oxygens (including phenoxy) is 1. The van der Waals surface area contributed by atoms with Gasteiger partial charge in [0.25, 0.3) is 0 Å². The maximum atomic E-state index is 13.2. The van der Waals surface area contributed by atoms with Gasteiger partial charge < -0.3 is 25.8 Å². The summed E-state index contributed by atoms with van der Waals surface area (Å²) in [6.07, 6.45) is -3.13. The molecule has 2 heterocycles. The lowest BCUT2D eigenvalue weighted by atomic mass is 9.95. The number of nitrogen functional groups attached to an aromatic ring is 1. The zero-order chi connectivity index (χ0) is 15.1. The number of rotatable bonds is 3. The summed E-state index contributed by atoms with van der Waals surface area (Å²) in [5.41, 5.74) is 2.71. The Morgan fingerprint density at radius 1 is 1.65 bits per heavy atom. The van der Waals surface area contributed by atoms with Gasteiger partial charge in [0.05, 0.1) is 6.61 Å². The average molecular weight is 289 g/mol. The van der Waals surface area contributed by atoms with Crippen LogP contribution >= 0.6 is 0 Å². The molecule has 2 rings (SSSR count). The molecule has 9 heteroatoms. The van der Waals surface area contributed by atoms with Gasteiger partial charge in [-0.3, -0.25) is 4.57 Å². The van der Waals surface area contributed by atoms with Gasteiger partial charge in [0.1, 0.15) is 24.7 Å². The summed E-state index contributed by atoms with van der Waals surface area (Å²) in [6, 6.07) is 0. The van der Waals surface area contributed by atoms with Crippen LogP contribution in [0.25, 0.3) is 0 Å². The first-order valence-electron chi connectivity index (χ1n) is 5.93. The number of nitrogens with two attached hydrogens (primary N) is 1. The monoisotopic (exact) mass is 289 g/mol. The fraction of sp³-hybridized carbons (Fsp3) is 0.636. The van der Waals surface area contributed by atoms with E-state index in [2.05, 4.69) is 4.98 Å². The summed E-state index contributed by atoms with van der Waals surface area (Å²) < 4.78 is 19.2. The van der Waals surface area contributed by atoms with Crippen molar-refractivity contribution in [1.82, 2.24) is 9.55 Å². The van der Waals surface area contributed by atoms with E-state index in [9.17, 15) is 19.4 Å². The van der Waals surface area contributed by atoms with Crippen LogP contribution in [0, 0.1) is 6.92 Å². The SMILES string of the molecule is Cc1cn([C@@H]2O[C@H](CO)C(O)[C@]2(O)CF)c(=O)nc1N. The first-order chi connectivity index (χ1) is 9.35. The third-order valence-corrected chi connectivity index (χ3v) is 3.42. The molecule has 1 aromatic rings. The predicted octanol–water partition coefficient (Wildman–Crippen LogP) is -1.91. The minimum atomic E-state index is -2.35. The van der Waals surface area contributed by atoms with Gasteiger partial charge >= 0.3 is 5.69 Å². The van der Waals surface area contributed by atoms with E-state index in [4.69, 9.17) is 15.6 Å². The Hall–Kier alpha value is -1.55. The normalized spacial score (nSPS) is 33.5. The smallest absolute Gasteiger partial charge is 0.351 e. The summed E-state index contributed by atoms with van der Waals surface area (Å²) in [5, 5.41) is 29.1. The van der Waals surface area contributed by atoms with Crippen molar-refractivity contribution >= 4 is 5.82 Å². The topological polar surface area (TPSA) is 131 Å². The number of aliphatic hydroxyl groups is 3. The second-order valence-corrected chi connectivity index (χ2v) is 4.78. The Balaban J connectivity index is 2.51. The van der Waals surface area contributed by atoms with Crippen LogP contribution in [0.5, 0.6) is 0 Å². The van der Waals surface area contributed by atoms with E-state index in [1.165, 1.54) is 6.20 Å². The number of anilines is 1. The quantitative estimate of drug-likeness (QED) is 0.510. The molecule has 112 valence electrons. The van der Waals surface area contributed by atoms with Gasteiger partial charge in [0.15, 0.2) is 11.8 Å². The highest BCUT2D eigenvalue weighted by Gasteiger charge is 2.56. The van der Waals surface area contributed by atoms with E-state index in [-0.39, 0.29) is 5.82 Å². The van der Waals surface area contributed by atoms with E-state index in [0.29, 0.717) is 5.56 Å². The van der Waals surface area contributed by atoms with E-state index in [0.717, 1.165) is 4.57 Å². The average Bonchev–Trinajstić information content (AvgIpc) is 2.67. The molecular weight excluding hydrogens is 273 g/mol. The molecule has 1 aliphatic heterocycles. The zero-order valence-corrected chi connectivity index (χ0v) is 10.7. The lowest BCUT2D eigenvalue weighted by molar-refractivity contribution is -0.121. The molecule has 8 nitrogen and oxygen atoms in total. The molecule has 0 saturated carbocycles. The molecule has 0 bridgehead atoms. The van der Waals surface area contributed by atoms with Gasteiger partial charge in [-0.15, -0.1) is 0 Å². The summed E-state index contributed by atoms with van der Waals surface area (Å²) in [7, 11) is 0. The van der Waals surface area contributed by atoms with Gasteiger partial charge in [0.2, 0.25) is 0 Å². The molecule has 5 N–H and O–H groups in total. The van der Waals surface area contributed by atoms with Gasteiger partial charge in [0, 0.05) is 11.8 Å². The summed E-state index contributed by atoms with van der Waals surface area (Å²) >= 11 is 0. The van der Waals surface area contributed by atoms with E-state index in [1.54, 1.807) is 6.92 Å². The van der Waals surface area contributed by atoms with Crippen molar-refractivity contribution in [3.05, 3.63) is 22.2 Å². The van der Waals surface area contributed by atoms with E-state index in [1.807, 2.05) is 0 Å². The van der Waals surface area contributed by atoms with Crippen LogP contribution in [-0.2, 0) is 4.74 Å². The van der Waals surface area contributed by atoms with Crippen molar-refractivity contribution in [2.24, 2.45) is 0 Å². The highest BCUT2D eigenvalue weighted by atomic mass is 19.1. The van der Waals surface area contributed by atoms with E-state index < -0.39 is 43.0 Å². The molecule has 1 fully saturated rings. The Morgan fingerprint density at radius 2 is 2.30 bits per heavy atom. The fourth-order valence-electron chi connectivity index (χ4n) is 2.17. The minimum Gasteiger partial charge on any atom is -0.394 e. The number of nitrogens with zero attached hydrogens (tertiary/aromatic N) is 2. The second kappa shape index (κ2) is 5.09. The molecule has 4 atom stereocenters. The van der Waals surface area contributed by atoms with Crippen LogP contribution in [0.1, 0.15) is 11.8 Å². The molecule has 1 aliphatic rings. The maximum absolute atomic E-state index is 13.2. The first kappa shape index (κ1) is 14.9. The van der Waals surface area contributed by atoms with Crippen LogP contribution in [0.3, 0.4) is 0 Å². The largest absolute Gasteiger partial charge is 0.394 e. The van der Waals surface area contributed by atoms with Crippen molar-refractivity contribution in [3.63, 3.8) is 0 Å². The summed E-state index contributed by atoms with van der Waals surface area (Å²) in [5.74, 6) is 0.00675. The molecule has 20 heavy (non-hydrogen) atoms. The van der Waals surface area contributed by atoms with Crippen LogP contribution in [0.2, 0.25) is 0 Å². The Morgan fingerprint density at radius 3 is 2.85 bits per heavy atom. The number of hydrogen-bond donors (Lipinski definition) is 4. The van der Waals surface area contributed by atoms with Crippen molar-refractivity contribution in [1.29, 1.82) is 0 Å². The number of aliphatic hydroxyl groups excluding tert-OH is 2. The molecule has 0 aliphatic carbocycles. The van der Waals surface area contributed by atoms with Crippen molar-refractivity contribution in [2.75, 3.05) is 19.0 Å². The highest BCUT2D eigenvalue weighted by Crippen LogP contribution is 2.38. The van der Waals surface area contributed by atoms with Gasteiger partial charge in [-0.2, -0.15) is 4.98 Å². The highest BCUT2D eigenvalue weighted by molar-refractivity contribution is 5.35. The van der Waals surface area contributed by atoms with Crippen molar-refractivity contribution < 1.29 is 24.4 Å². The second-order valence-electron chi connectivity index (χ2n) is 4.78. The van der Waals surface area contributed by atoms with Crippen molar-refractivity contribution in [3.8, 4) is 0 Å². The van der Waals surface area contributed by atoms with Crippen LogP contribution in [0.15, 0.2) is 11.0 Å². The zero-order valence-electron chi connectivity index (χ0n) is 10.7. The molecule has 0 amide bonds. The Bertz CT molecular complexity index is 565. The van der Waals surface area contributed by atoms with Gasteiger partial charge in [-0.1, -0.05) is 0 Å². The molecule has 0 spiro atoms. The van der Waals surface area contributed by atoms with Gasteiger partial charge in [-0.25, -0.2) is 9.18 Å². The molecule has 1 saturated heterocycles. The fourth-order valence-corrected chi connectivity index (χ4v) is 2.17. The molecule has 1 aromatic heterocycles. The van der Waals surface area contributed by atoms with Crippen LogP contribution in [0.4, 0.5) is 10.2 Å². The minimum absolute atomic E-state index is 0.00675.